The molecule has 1 unspecified atom stereocenters. The summed E-state index contributed by atoms with van der Waals surface area (Å²) in [7, 11) is 0. The second kappa shape index (κ2) is 6.10. The van der Waals surface area contributed by atoms with Gasteiger partial charge in [0.1, 0.15) is 11.2 Å². The molecule has 8 heteroatoms. The summed E-state index contributed by atoms with van der Waals surface area (Å²) < 4.78 is 26.2. The maximum absolute atomic E-state index is 13.3. The number of carbonyl (C=O) groups excluding carboxylic acids is 2. The summed E-state index contributed by atoms with van der Waals surface area (Å²) in [6, 6.07) is 0.621. The van der Waals surface area contributed by atoms with Crippen molar-refractivity contribution in [3.8, 4) is 0 Å². The molecule has 3 amide bonds. The standard InChI is InChI=1S/C10H8BrClF2N2O2/c1-4(12)9(17)16-10(18)15-8-6(11)2-5(13)3-7(8)14/h2-4H,1H3,(H2,15,16,17,18). The van der Waals surface area contributed by atoms with Crippen LogP contribution in [0.15, 0.2) is 16.6 Å². The molecule has 18 heavy (non-hydrogen) atoms. The third-order valence-corrected chi connectivity index (χ3v) is 2.67. The number of benzene rings is 1. The highest BCUT2D eigenvalue weighted by Gasteiger charge is 2.16. The Hall–Kier alpha value is -1.21. The third kappa shape index (κ3) is 3.92. The van der Waals surface area contributed by atoms with Crippen LogP contribution < -0.4 is 10.6 Å². The minimum atomic E-state index is -0.969. The molecule has 0 radical (unpaired) electrons. The third-order valence-electron chi connectivity index (χ3n) is 1.84. The van der Waals surface area contributed by atoms with Crippen molar-refractivity contribution < 1.29 is 18.4 Å². The minimum Gasteiger partial charge on any atom is -0.304 e. The molecule has 0 aromatic heterocycles. The summed E-state index contributed by atoms with van der Waals surface area (Å²) >= 11 is 8.32. The fourth-order valence-electron chi connectivity index (χ4n) is 1.02. The molecule has 0 spiro atoms. The molecule has 0 fully saturated rings. The molecule has 2 N–H and O–H groups in total. The van der Waals surface area contributed by atoms with Crippen LogP contribution in [0.1, 0.15) is 6.92 Å². The number of rotatable bonds is 2. The van der Waals surface area contributed by atoms with Gasteiger partial charge in [0.15, 0.2) is 5.82 Å². The predicted molar refractivity (Wildman–Crippen MR) is 66.5 cm³/mol. The molecule has 98 valence electrons. The van der Waals surface area contributed by atoms with E-state index >= 15 is 0 Å². The van der Waals surface area contributed by atoms with Crippen LogP contribution in [0.4, 0.5) is 19.3 Å². The molecule has 4 nitrogen and oxygen atoms in total. The van der Waals surface area contributed by atoms with E-state index in [1.54, 1.807) is 0 Å². The van der Waals surface area contributed by atoms with Crippen molar-refractivity contribution in [1.82, 2.24) is 5.32 Å². The van der Waals surface area contributed by atoms with E-state index in [4.69, 9.17) is 11.6 Å². The Balaban J connectivity index is 2.80. The van der Waals surface area contributed by atoms with Gasteiger partial charge in [0.25, 0.3) is 0 Å². The molecule has 0 heterocycles. The summed E-state index contributed by atoms with van der Waals surface area (Å²) in [5, 5.41) is 3.06. The SMILES string of the molecule is CC(Cl)C(=O)NC(=O)Nc1c(F)cc(F)cc1Br. The molecule has 0 aliphatic rings. The number of imide groups is 1. The first-order valence-corrected chi connectivity index (χ1v) is 5.94. The quantitative estimate of drug-likeness (QED) is 0.813. The molecule has 1 aromatic carbocycles. The van der Waals surface area contributed by atoms with Gasteiger partial charge in [0, 0.05) is 10.5 Å². The summed E-state index contributed by atoms with van der Waals surface area (Å²) in [6.07, 6.45) is 0. The summed E-state index contributed by atoms with van der Waals surface area (Å²) in [4.78, 5) is 22.4. The van der Waals surface area contributed by atoms with Crippen molar-refractivity contribution >= 4 is 45.2 Å². The first-order chi connectivity index (χ1) is 8.31. The Morgan fingerprint density at radius 3 is 2.50 bits per heavy atom. The normalized spacial score (nSPS) is 11.8. The zero-order valence-corrected chi connectivity index (χ0v) is 11.4. The van der Waals surface area contributed by atoms with Crippen molar-refractivity contribution in [2.24, 2.45) is 0 Å². The van der Waals surface area contributed by atoms with Crippen LogP contribution in [0.2, 0.25) is 0 Å². The predicted octanol–water partition coefficient (Wildman–Crippen LogP) is 3.00. The number of amides is 3. The first kappa shape index (κ1) is 14.8. The smallest absolute Gasteiger partial charge is 0.304 e. The maximum atomic E-state index is 13.3. The van der Waals surface area contributed by atoms with E-state index in [2.05, 4.69) is 21.2 Å². The van der Waals surface area contributed by atoms with Gasteiger partial charge in [-0.2, -0.15) is 0 Å². The molecule has 1 aromatic rings. The highest BCUT2D eigenvalue weighted by Crippen LogP contribution is 2.26. The van der Waals surface area contributed by atoms with Crippen LogP contribution in [0.25, 0.3) is 0 Å². The van der Waals surface area contributed by atoms with Crippen molar-refractivity contribution in [3.63, 3.8) is 0 Å². The topological polar surface area (TPSA) is 58.2 Å². The monoisotopic (exact) mass is 340 g/mol. The van der Waals surface area contributed by atoms with Crippen LogP contribution in [0.5, 0.6) is 0 Å². The second-order valence-electron chi connectivity index (χ2n) is 3.30. The van der Waals surface area contributed by atoms with E-state index in [1.165, 1.54) is 6.92 Å². The first-order valence-electron chi connectivity index (χ1n) is 4.71. The van der Waals surface area contributed by atoms with Gasteiger partial charge in [-0.15, -0.1) is 11.6 Å². The Labute approximate surface area is 115 Å². The average molecular weight is 342 g/mol. The van der Waals surface area contributed by atoms with Crippen molar-refractivity contribution in [3.05, 3.63) is 28.2 Å². The number of carbonyl (C=O) groups is 2. The van der Waals surface area contributed by atoms with Crippen molar-refractivity contribution in [2.75, 3.05) is 5.32 Å². The number of halogens is 4. The Morgan fingerprint density at radius 1 is 1.39 bits per heavy atom. The number of nitrogens with one attached hydrogen (secondary N) is 2. The summed E-state index contributed by atoms with van der Waals surface area (Å²) in [5.41, 5.74) is -0.274. The van der Waals surface area contributed by atoms with Crippen LogP contribution in [0.3, 0.4) is 0 Å². The maximum Gasteiger partial charge on any atom is 0.326 e. The van der Waals surface area contributed by atoms with E-state index in [9.17, 15) is 18.4 Å². The average Bonchev–Trinajstić information content (AvgIpc) is 2.23. The van der Waals surface area contributed by atoms with Gasteiger partial charge in [-0.25, -0.2) is 13.6 Å². The van der Waals surface area contributed by atoms with Gasteiger partial charge in [-0.05, 0) is 28.9 Å². The Morgan fingerprint density at radius 2 is 2.00 bits per heavy atom. The molecule has 0 saturated heterocycles. The van der Waals surface area contributed by atoms with Crippen LogP contribution in [-0.4, -0.2) is 17.3 Å². The number of urea groups is 1. The highest BCUT2D eigenvalue weighted by molar-refractivity contribution is 9.10. The largest absolute Gasteiger partial charge is 0.326 e. The lowest BCUT2D eigenvalue weighted by molar-refractivity contribution is -0.119. The summed E-state index contributed by atoms with van der Waals surface area (Å²) in [6.45, 7) is 1.37. The zero-order valence-electron chi connectivity index (χ0n) is 9.06. The van der Waals surface area contributed by atoms with E-state index in [0.717, 1.165) is 6.07 Å². The Bertz CT molecular complexity index is 474. The lowest BCUT2D eigenvalue weighted by Gasteiger charge is -2.10. The van der Waals surface area contributed by atoms with Gasteiger partial charge in [0.05, 0.1) is 5.69 Å². The number of anilines is 1. The Kier molecular flexibility index (Phi) is 5.03. The fraction of sp³-hybridized carbons (Fsp3) is 0.200. The van der Waals surface area contributed by atoms with E-state index in [0.29, 0.717) is 6.07 Å². The number of alkyl halides is 1. The number of hydrogen-bond acceptors (Lipinski definition) is 2. The highest BCUT2D eigenvalue weighted by atomic mass is 79.9. The van der Waals surface area contributed by atoms with E-state index < -0.39 is 28.9 Å². The molecular formula is C10H8BrClF2N2O2. The lowest BCUT2D eigenvalue weighted by Crippen LogP contribution is -2.38. The minimum absolute atomic E-state index is 0.0153. The lowest BCUT2D eigenvalue weighted by atomic mass is 10.3. The van der Waals surface area contributed by atoms with E-state index in [1.807, 2.05) is 5.32 Å². The molecule has 0 saturated carbocycles. The molecule has 1 atom stereocenters. The van der Waals surface area contributed by atoms with Crippen LogP contribution >= 0.6 is 27.5 Å². The fourth-order valence-corrected chi connectivity index (χ4v) is 1.58. The molecule has 0 aliphatic heterocycles. The van der Waals surface area contributed by atoms with Crippen LogP contribution in [0, 0.1) is 11.6 Å². The van der Waals surface area contributed by atoms with Gasteiger partial charge >= 0.3 is 6.03 Å². The van der Waals surface area contributed by atoms with Gasteiger partial charge in [0.2, 0.25) is 5.91 Å². The zero-order chi connectivity index (χ0) is 13.9. The van der Waals surface area contributed by atoms with Gasteiger partial charge in [-0.1, -0.05) is 0 Å². The molecule has 1 rings (SSSR count). The molecule has 0 bridgehead atoms. The molecular weight excluding hydrogens is 333 g/mol. The van der Waals surface area contributed by atoms with Crippen LogP contribution in [-0.2, 0) is 4.79 Å². The number of hydrogen-bond donors (Lipinski definition) is 2. The van der Waals surface area contributed by atoms with Gasteiger partial charge in [-0.3, -0.25) is 10.1 Å². The van der Waals surface area contributed by atoms with Crippen molar-refractivity contribution in [2.45, 2.75) is 12.3 Å². The molecule has 0 aliphatic carbocycles. The summed E-state index contributed by atoms with van der Waals surface area (Å²) in [5.74, 6) is -2.49. The van der Waals surface area contributed by atoms with Crippen molar-refractivity contribution in [1.29, 1.82) is 0 Å². The van der Waals surface area contributed by atoms with Gasteiger partial charge < -0.3 is 5.32 Å². The second-order valence-corrected chi connectivity index (χ2v) is 4.81. The van der Waals surface area contributed by atoms with E-state index in [-0.39, 0.29) is 10.2 Å².